The van der Waals surface area contributed by atoms with E-state index < -0.39 is 0 Å². The van der Waals surface area contributed by atoms with E-state index in [9.17, 15) is 0 Å². The zero-order valence-corrected chi connectivity index (χ0v) is 21.1. The van der Waals surface area contributed by atoms with Crippen molar-refractivity contribution >= 4 is 45.9 Å². The number of hydrogen-bond acceptors (Lipinski definition) is 3. The lowest BCUT2D eigenvalue weighted by molar-refractivity contribution is 0.196. The lowest BCUT2D eigenvalue weighted by Crippen LogP contribution is -2.48. The highest BCUT2D eigenvalue weighted by atomic mass is 127. The summed E-state index contributed by atoms with van der Waals surface area (Å²) in [6.45, 7) is 8.89. The van der Waals surface area contributed by atoms with Crippen molar-refractivity contribution in [1.29, 1.82) is 0 Å². The number of halogens is 2. The molecule has 158 valence electrons. The van der Waals surface area contributed by atoms with Crippen molar-refractivity contribution in [2.45, 2.75) is 45.8 Å². The summed E-state index contributed by atoms with van der Waals surface area (Å²) >= 11 is 3.52. The molecule has 1 aliphatic rings. The van der Waals surface area contributed by atoms with Crippen LogP contribution in [0.25, 0.3) is 0 Å². The lowest BCUT2D eigenvalue weighted by atomic mass is 10.0. The average molecular weight is 572 g/mol. The zero-order chi connectivity index (χ0) is 19.8. The largest absolute Gasteiger partial charge is 0.357 e. The van der Waals surface area contributed by atoms with Crippen LogP contribution in [0.2, 0.25) is 0 Å². The van der Waals surface area contributed by atoms with Gasteiger partial charge in [-0.2, -0.15) is 0 Å². The van der Waals surface area contributed by atoms with Gasteiger partial charge in [0.2, 0.25) is 0 Å². The van der Waals surface area contributed by atoms with Crippen molar-refractivity contribution in [2.75, 3.05) is 19.6 Å². The van der Waals surface area contributed by atoms with E-state index >= 15 is 0 Å². The number of hydrogen-bond donors (Lipinski definition) is 2. The van der Waals surface area contributed by atoms with E-state index in [-0.39, 0.29) is 24.0 Å². The van der Waals surface area contributed by atoms with Gasteiger partial charge in [-0.1, -0.05) is 28.1 Å². The Bertz CT molecular complexity index is 776. The fourth-order valence-corrected chi connectivity index (χ4v) is 3.95. The Balaban J connectivity index is 0.00000300. The van der Waals surface area contributed by atoms with Gasteiger partial charge in [0.25, 0.3) is 0 Å². The molecule has 1 aliphatic heterocycles. The Morgan fingerprint density at radius 3 is 2.69 bits per heavy atom. The summed E-state index contributed by atoms with van der Waals surface area (Å²) in [4.78, 5) is 11.7. The molecule has 1 aromatic heterocycles. The summed E-state index contributed by atoms with van der Waals surface area (Å²) in [5, 5.41) is 7.02. The van der Waals surface area contributed by atoms with E-state index in [1.807, 2.05) is 12.3 Å². The van der Waals surface area contributed by atoms with Crippen LogP contribution >= 0.6 is 39.9 Å². The van der Waals surface area contributed by atoms with Gasteiger partial charge >= 0.3 is 0 Å². The molecule has 0 bridgehead atoms. The quantitative estimate of drug-likeness (QED) is 0.305. The van der Waals surface area contributed by atoms with E-state index in [0.717, 1.165) is 55.1 Å². The number of nitrogens with one attached hydrogen (secondary N) is 2. The normalized spacial score (nSPS) is 15.6. The van der Waals surface area contributed by atoms with Crippen LogP contribution in [-0.2, 0) is 13.1 Å². The van der Waals surface area contributed by atoms with Crippen LogP contribution in [0.15, 0.2) is 52.1 Å². The first kappa shape index (κ1) is 24.1. The molecule has 0 atom stereocenters. The summed E-state index contributed by atoms with van der Waals surface area (Å²) in [5.41, 5.74) is 3.66. The molecule has 5 nitrogen and oxygen atoms in total. The van der Waals surface area contributed by atoms with Gasteiger partial charge < -0.3 is 10.6 Å². The number of pyridine rings is 1. The summed E-state index contributed by atoms with van der Waals surface area (Å²) in [5.74, 6) is 0.910. The van der Waals surface area contributed by atoms with E-state index in [4.69, 9.17) is 4.99 Å². The molecule has 0 amide bonds. The van der Waals surface area contributed by atoms with Crippen LogP contribution in [0.5, 0.6) is 0 Å². The molecule has 2 aromatic rings. The molecule has 1 saturated heterocycles. The number of aryl methyl sites for hydroxylation is 1. The van der Waals surface area contributed by atoms with Gasteiger partial charge in [-0.25, -0.2) is 4.99 Å². The van der Waals surface area contributed by atoms with Crippen molar-refractivity contribution in [2.24, 2.45) is 4.99 Å². The molecule has 3 rings (SSSR count). The third-order valence-electron chi connectivity index (χ3n) is 5.10. The first-order valence-electron chi connectivity index (χ1n) is 10.1. The summed E-state index contributed by atoms with van der Waals surface area (Å²) < 4.78 is 1.11. The van der Waals surface area contributed by atoms with Crippen LogP contribution in [0.1, 0.15) is 36.6 Å². The third kappa shape index (κ3) is 7.86. The maximum atomic E-state index is 4.81. The second kappa shape index (κ2) is 12.5. The topological polar surface area (TPSA) is 52.6 Å². The van der Waals surface area contributed by atoms with Crippen molar-refractivity contribution in [1.82, 2.24) is 20.5 Å². The molecule has 29 heavy (non-hydrogen) atoms. The van der Waals surface area contributed by atoms with Crippen LogP contribution in [0.3, 0.4) is 0 Å². The second-order valence-corrected chi connectivity index (χ2v) is 8.20. The molecule has 0 aliphatic carbocycles. The number of piperidine rings is 1. The molecule has 1 aromatic carbocycles. The number of likely N-dealkylation sites (tertiary alicyclic amines) is 1. The Hall–Kier alpha value is -1.19. The maximum absolute atomic E-state index is 4.81. The van der Waals surface area contributed by atoms with Crippen molar-refractivity contribution < 1.29 is 0 Å². The van der Waals surface area contributed by atoms with E-state index in [0.29, 0.717) is 12.6 Å². The molecule has 0 spiro atoms. The van der Waals surface area contributed by atoms with Crippen LogP contribution in [0.4, 0.5) is 0 Å². The molecule has 0 radical (unpaired) electrons. The van der Waals surface area contributed by atoms with Gasteiger partial charge in [0, 0.05) is 42.9 Å². The average Bonchev–Trinajstić information content (AvgIpc) is 2.69. The second-order valence-electron chi connectivity index (χ2n) is 7.28. The van der Waals surface area contributed by atoms with Gasteiger partial charge in [0.05, 0.1) is 12.2 Å². The number of aliphatic imine (C=N–C) groups is 1. The number of nitrogens with zero attached hydrogens (tertiary/aromatic N) is 3. The van der Waals surface area contributed by atoms with Gasteiger partial charge in [-0.3, -0.25) is 9.88 Å². The molecule has 0 unspecified atom stereocenters. The maximum Gasteiger partial charge on any atom is 0.191 e. The third-order valence-corrected chi connectivity index (χ3v) is 5.59. The van der Waals surface area contributed by atoms with Crippen LogP contribution < -0.4 is 10.6 Å². The summed E-state index contributed by atoms with van der Waals surface area (Å²) in [7, 11) is 0. The molecule has 2 N–H and O–H groups in total. The monoisotopic (exact) mass is 571 g/mol. The molecule has 7 heteroatoms. The van der Waals surface area contributed by atoms with E-state index in [1.165, 1.54) is 11.1 Å². The highest BCUT2D eigenvalue weighted by Gasteiger charge is 2.20. The summed E-state index contributed by atoms with van der Waals surface area (Å²) in [6, 6.07) is 13.0. The Kier molecular flexibility index (Phi) is 10.4. The van der Waals surface area contributed by atoms with E-state index in [1.54, 1.807) is 0 Å². The fraction of sp³-hybridized carbons (Fsp3) is 0.455. The van der Waals surface area contributed by atoms with Crippen LogP contribution in [-0.4, -0.2) is 41.5 Å². The minimum Gasteiger partial charge on any atom is -0.357 e. The van der Waals surface area contributed by atoms with Crippen LogP contribution in [0, 0.1) is 6.92 Å². The molecule has 2 heterocycles. The van der Waals surface area contributed by atoms with Gasteiger partial charge in [0.15, 0.2) is 5.96 Å². The minimum atomic E-state index is 0. The molecule has 0 saturated carbocycles. The Morgan fingerprint density at radius 1 is 1.24 bits per heavy atom. The first-order chi connectivity index (χ1) is 13.6. The van der Waals surface area contributed by atoms with E-state index in [2.05, 4.69) is 80.6 Å². The number of rotatable bonds is 6. The van der Waals surface area contributed by atoms with Gasteiger partial charge in [0.1, 0.15) is 0 Å². The predicted octanol–water partition coefficient (Wildman–Crippen LogP) is 4.49. The van der Waals surface area contributed by atoms with Crippen molar-refractivity contribution in [3.05, 3.63) is 63.9 Å². The SMILES string of the molecule is CCNC(=NCc1ccc(Br)cc1C)NC1CCN(Cc2ccccn2)CC1.I. The smallest absolute Gasteiger partial charge is 0.191 e. The minimum absolute atomic E-state index is 0. The first-order valence-corrected chi connectivity index (χ1v) is 10.9. The lowest BCUT2D eigenvalue weighted by Gasteiger charge is -2.32. The van der Waals surface area contributed by atoms with Crippen molar-refractivity contribution in [3.8, 4) is 0 Å². The Morgan fingerprint density at radius 2 is 2.03 bits per heavy atom. The number of benzene rings is 1. The number of guanidine groups is 1. The highest BCUT2D eigenvalue weighted by Crippen LogP contribution is 2.17. The molecular weight excluding hydrogens is 541 g/mol. The predicted molar refractivity (Wildman–Crippen MR) is 135 cm³/mol. The Labute approximate surface area is 199 Å². The highest BCUT2D eigenvalue weighted by molar-refractivity contribution is 14.0. The summed E-state index contributed by atoms with van der Waals surface area (Å²) in [6.07, 6.45) is 4.11. The van der Waals surface area contributed by atoms with Gasteiger partial charge in [-0.05, 0) is 62.1 Å². The van der Waals surface area contributed by atoms with Gasteiger partial charge in [-0.15, -0.1) is 24.0 Å². The molecule has 1 fully saturated rings. The number of aromatic nitrogens is 1. The fourth-order valence-electron chi connectivity index (χ4n) is 3.47. The zero-order valence-electron chi connectivity index (χ0n) is 17.2. The standard InChI is InChI=1S/C22H30BrN5.HI/c1-3-24-22(26-15-18-7-8-19(23)14-17(18)2)27-20-9-12-28(13-10-20)16-21-6-4-5-11-25-21;/h4-8,11,14,20H,3,9-10,12-13,15-16H2,1-2H3,(H2,24,26,27);1H. The molecular formula is C22H31BrIN5. The van der Waals surface area contributed by atoms with Crippen molar-refractivity contribution in [3.63, 3.8) is 0 Å².